The lowest BCUT2D eigenvalue weighted by atomic mass is 9.96. The Kier molecular flexibility index (Phi) is 6.77. The van der Waals surface area contributed by atoms with Crippen LogP contribution in [0.2, 0.25) is 0 Å². The fraction of sp³-hybridized carbons (Fsp3) is 0.550. The molecule has 0 bridgehead atoms. The van der Waals surface area contributed by atoms with Gasteiger partial charge >= 0.3 is 0 Å². The molecule has 0 aliphatic carbocycles. The van der Waals surface area contributed by atoms with Gasteiger partial charge in [0.25, 0.3) is 0 Å². The first kappa shape index (κ1) is 19.9. The van der Waals surface area contributed by atoms with E-state index >= 15 is 0 Å². The number of hydrogen-bond acceptors (Lipinski definition) is 5. The molecule has 0 fully saturated rings. The average molecular weight is 359 g/mol. The number of aryl methyl sites for hydroxylation is 1. The summed E-state index contributed by atoms with van der Waals surface area (Å²) in [5.41, 5.74) is 0.804. The maximum Gasteiger partial charge on any atom is 0.227 e. The van der Waals surface area contributed by atoms with Gasteiger partial charge in [-0.2, -0.15) is 4.98 Å². The lowest BCUT2D eigenvalue weighted by Gasteiger charge is -2.13. The van der Waals surface area contributed by atoms with Gasteiger partial charge < -0.3 is 14.6 Å². The molecule has 6 nitrogen and oxygen atoms in total. The number of aromatic nitrogens is 2. The number of para-hydroxylation sites is 1. The summed E-state index contributed by atoms with van der Waals surface area (Å²) in [7, 11) is 0. The monoisotopic (exact) mass is 359 g/mol. The first-order valence-corrected chi connectivity index (χ1v) is 9.06. The topological polar surface area (TPSA) is 77.2 Å². The third-order valence-corrected chi connectivity index (χ3v) is 3.73. The van der Waals surface area contributed by atoms with E-state index in [1.54, 1.807) is 0 Å². The van der Waals surface area contributed by atoms with Crippen LogP contribution in [0.3, 0.4) is 0 Å². The molecule has 0 radical (unpaired) electrons. The molecular weight excluding hydrogens is 330 g/mol. The van der Waals surface area contributed by atoms with Crippen molar-refractivity contribution < 1.29 is 14.1 Å². The van der Waals surface area contributed by atoms with Gasteiger partial charge in [-0.15, -0.1) is 0 Å². The van der Waals surface area contributed by atoms with Crippen molar-refractivity contribution in [1.82, 2.24) is 15.5 Å². The molecule has 6 heteroatoms. The van der Waals surface area contributed by atoms with Crippen LogP contribution >= 0.6 is 0 Å². The highest BCUT2D eigenvalue weighted by Gasteiger charge is 2.21. The second-order valence-electron chi connectivity index (χ2n) is 7.85. The van der Waals surface area contributed by atoms with Crippen LogP contribution < -0.4 is 10.1 Å². The minimum atomic E-state index is -0.163. The van der Waals surface area contributed by atoms with E-state index in [1.807, 2.05) is 45.0 Å². The van der Waals surface area contributed by atoms with Crippen LogP contribution in [0, 0.1) is 5.92 Å². The zero-order chi connectivity index (χ0) is 19.2. The first-order valence-electron chi connectivity index (χ1n) is 9.06. The summed E-state index contributed by atoms with van der Waals surface area (Å²) in [6.45, 7) is 11.4. The summed E-state index contributed by atoms with van der Waals surface area (Å²) in [4.78, 5) is 16.5. The van der Waals surface area contributed by atoms with E-state index in [0.717, 1.165) is 11.3 Å². The van der Waals surface area contributed by atoms with E-state index in [2.05, 4.69) is 29.3 Å². The molecule has 2 rings (SSSR count). The smallest absolute Gasteiger partial charge is 0.227 e. The zero-order valence-corrected chi connectivity index (χ0v) is 16.3. The molecule has 1 heterocycles. The Bertz CT molecular complexity index is 717. The molecular formula is C20H29N3O3. The number of benzene rings is 1. The molecule has 1 aromatic heterocycles. The molecule has 1 amide bonds. The fourth-order valence-corrected chi connectivity index (χ4v) is 2.21. The lowest BCUT2D eigenvalue weighted by Crippen LogP contribution is -2.23. The second kappa shape index (κ2) is 8.83. The van der Waals surface area contributed by atoms with Crippen LogP contribution in [-0.2, 0) is 23.2 Å². The van der Waals surface area contributed by atoms with Crippen LogP contribution in [0.1, 0.15) is 58.3 Å². The van der Waals surface area contributed by atoms with E-state index in [9.17, 15) is 4.79 Å². The third kappa shape index (κ3) is 6.17. The summed E-state index contributed by atoms with van der Waals surface area (Å²) in [6.07, 6.45) is 0.737. The van der Waals surface area contributed by atoms with Crippen molar-refractivity contribution in [3.63, 3.8) is 0 Å². The average Bonchev–Trinajstić information content (AvgIpc) is 3.06. The van der Waals surface area contributed by atoms with Crippen LogP contribution in [0.25, 0.3) is 0 Å². The van der Waals surface area contributed by atoms with Gasteiger partial charge in [-0.25, -0.2) is 0 Å². The predicted molar refractivity (Wildman–Crippen MR) is 99.9 cm³/mol. The fourth-order valence-electron chi connectivity index (χ4n) is 2.21. The van der Waals surface area contributed by atoms with E-state index in [0.29, 0.717) is 43.6 Å². The molecule has 0 saturated carbocycles. The van der Waals surface area contributed by atoms with Gasteiger partial charge in [-0.3, -0.25) is 4.79 Å². The molecule has 26 heavy (non-hydrogen) atoms. The van der Waals surface area contributed by atoms with Crippen molar-refractivity contribution in [1.29, 1.82) is 0 Å². The summed E-state index contributed by atoms with van der Waals surface area (Å²) < 4.78 is 11.0. The third-order valence-electron chi connectivity index (χ3n) is 3.73. The zero-order valence-electron chi connectivity index (χ0n) is 16.3. The lowest BCUT2D eigenvalue weighted by molar-refractivity contribution is -0.121. The van der Waals surface area contributed by atoms with Gasteiger partial charge in [0.1, 0.15) is 5.75 Å². The van der Waals surface area contributed by atoms with Gasteiger partial charge in [-0.1, -0.05) is 58.0 Å². The minimum Gasteiger partial charge on any atom is -0.493 e. The van der Waals surface area contributed by atoms with E-state index in [-0.39, 0.29) is 11.3 Å². The van der Waals surface area contributed by atoms with Gasteiger partial charge in [0.05, 0.1) is 6.61 Å². The number of carbonyl (C=O) groups is 1. The Balaban J connectivity index is 1.83. The maximum atomic E-state index is 12.1. The molecule has 0 spiro atoms. The highest BCUT2D eigenvalue weighted by atomic mass is 16.5. The van der Waals surface area contributed by atoms with Crippen molar-refractivity contribution in [2.45, 2.75) is 59.4 Å². The van der Waals surface area contributed by atoms with Gasteiger partial charge in [-0.05, 0) is 12.0 Å². The highest BCUT2D eigenvalue weighted by Crippen LogP contribution is 2.20. The molecule has 1 N–H and O–H groups in total. The Morgan fingerprint density at radius 3 is 2.65 bits per heavy atom. The van der Waals surface area contributed by atoms with E-state index < -0.39 is 0 Å². The van der Waals surface area contributed by atoms with Crippen molar-refractivity contribution in [2.24, 2.45) is 5.92 Å². The minimum absolute atomic E-state index is 0.0563. The number of ether oxygens (including phenoxy) is 1. The molecule has 0 unspecified atom stereocenters. The number of carbonyl (C=O) groups excluding carboxylic acids is 1. The number of nitrogens with zero attached hydrogens (tertiary/aromatic N) is 2. The SMILES string of the molecule is CC(C)COc1ccccc1CNC(=O)CCc1nc(C(C)(C)C)no1. The quantitative estimate of drug-likeness (QED) is 0.778. The molecule has 0 aliphatic rings. The number of rotatable bonds is 8. The Labute approximate surface area is 155 Å². The molecule has 1 aromatic carbocycles. The van der Waals surface area contributed by atoms with Gasteiger partial charge in [0, 0.05) is 30.4 Å². The number of amides is 1. The Hall–Kier alpha value is -2.37. The number of hydrogen-bond donors (Lipinski definition) is 1. The first-order chi connectivity index (χ1) is 12.3. The highest BCUT2D eigenvalue weighted by molar-refractivity contribution is 5.76. The Morgan fingerprint density at radius 1 is 1.27 bits per heavy atom. The molecule has 2 aromatic rings. The van der Waals surface area contributed by atoms with Gasteiger partial charge in [0.15, 0.2) is 5.82 Å². The van der Waals surface area contributed by atoms with E-state index in [4.69, 9.17) is 9.26 Å². The van der Waals surface area contributed by atoms with Crippen LogP contribution in [0.15, 0.2) is 28.8 Å². The molecule has 0 atom stereocenters. The second-order valence-corrected chi connectivity index (χ2v) is 7.85. The standard InChI is InChI=1S/C20H29N3O3/c1-14(2)13-25-16-9-7-6-8-15(16)12-21-17(24)10-11-18-22-19(23-26-18)20(3,4)5/h6-9,14H,10-13H2,1-5H3,(H,21,24). The predicted octanol–water partition coefficient (Wildman–Crippen LogP) is 3.65. The Morgan fingerprint density at radius 2 is 2.00 bits per heavy atom. The maximum absolute atomic E-state index is 12.1. The van der Waals surface area contributed by atoms with Crippen LogP contribution in [0.5, 0.6) is 5.75 Å². The van der Waals surface area contributed by atoms with Crippen LogP contribution in [0.4, 0.5) is 0 Å². The van der Waals surface area contributed by atoms with Crippen LogP contribution in [-0.4, -0.2) is 22.7 Å². The van der Waals surface area contributed by atoms with Crippen molar-refractivity contribution in [2.75, 3.05) is 6.61 Å². The summed E-state index contributed by atoms with van der Waals surface area (Å²) >= 11 is 0. The molecule has 0 saturated heterocycles. The largest absolute Gasteiger partial charge is 0.493 e. The summed E-state index contributed by atoms with van der Waals surface area (Å²) in [5, 5.41) is 6.90. The van der Waals surface area contributed by atoms with Crippen molar-refractivity contribution >= 4 is 5.91 Å². The summed E-state index contributed by atoms with van der Waals surface area (Å²) in [6, 6.07) is 7.76. The normalized spacial score (nSPS) is 11.6. The molecule has 142 valence electrons. The van der Waals surface area contributed by atoms with E-state index in [1.165, 1.54) is 0 Å². The summed E-state index contributed by atoms with van der Waals surface area (Å²) in [5.74, 6) is 2.35. The van der Waals surface area contributed by atoms with Crippen molar-refractivity contribution in [3.05, 3.63) is 41.5 Å². The number of nitrogens with one attached hydrogen (secondary N) is 1. The van der Waals surface area contributed by atoms with Crippen molar-refractivity contribution in [3.8, 4) is 5.75 Å². The molecule has 0 aliphatic heterocycles. The van der Waals surface area contributed by atoms with Gasteiger partial charge in [0.2, 0.25) is 11.8 Å².